The monoisotopic (exact) mass is 339 g/mol. The number of rotatable bonds is 5. The third-order valence-electron chi connectivity index (χ3n) is 4.51. The molecule has 0 N–H and O–H groups in total. The molecule has 0 aromatic heterocycles. The van der Waals surface area contributed by atoms with Crippen LogP contribution < -0.4 is 4.74 Å². The van der Waals surface area contributed by atoms with E-state index < -0.39 is 0 Å². The van der Waals surface area contributed by atoms with Crippen molar-refractivity contribution in [3.8, 4) is 5.75 Å². The van der Waals surface area contributed by atoms with Gasteiger partial charge in [-0.1, -0.05) is 42.5 Å². The van der Waals surface area contributed by atoms with Crippen molar-refractivity contribution in [1.29, 1.82) is 0 Å². The molecule has 2 fully saturated rings. The molecule has 0 spiro atoms. The van der Waals surface area contributed by atoms with Crippen molar-refractivity contribution in [1.82, 2.24) is 4.90 Å². The minimum atomic E-state index is 0.168. The first-order valence-corrected chi connectivity index (χ1v) is 9.55. The predicted octanol–water partition coefficient (Wildman–Crippen LogP) is 4.25. The molecule has 24 heavy (non-hydrogen) atoms. The molecule has 2 aromatic rings. The predicted molar refractivity (Wildman–Crippen MR) is 96.9 cm³/mol. The number of thioether (sulfide) groups is 1. The zero-order valence-electron chi connectivity index (χ0n) is 13.6. The van der Waals surface area contributed by atoms with Crippen LogP contribution in [0.1, 0.15) is 29.3 Å². The van der Waals surface area contributed by atoms with E-state index in [9.17, 15) is 4.79 Å². The van der Waals surface area contributed by atoms with Gasteiger partial charge >= 0.3 is 0 Å². The molecular formula is C20H21NO2S. The summed E-state index contributed by atoms with van der Waals surface area (Å²) in [6, 6.07) is 18.4. The van der Waals surface area contributed by atoms with Gasteiger partial charge in [-0.3, -0.25) is 4.79 Å². The minimum absolute atomic E-state index is 0.168. The summed E-state index contributed by atoms with van der Waals surface area (Å²) < 4.78 is 5.84. The summed E-state index contributed by atoms with van der Waals surface area (Å²) in [7, 11) is 0. The molecule has 1 aliphatic carbocycles. The average molecular weight is 339 g/mol. The van der Waals surface area contributed by atoms with E-state index in [1.165, 1.54) is 5.56 Å². The molecule has 1 heterocycles. The average Bonchev–Trinajstić information content (AvgIpc) is 3.37. The summed E-state index contributed by atoms with van der Waals surface area (Å²) in [4.78, 5) is 14.5. The van der Waals surface area contributed by atoms with E-state index in [-0.39, 0.29) is 5.37 Å². The third kappa shape index (κ3) is 3.44. The summed E-state index contributed by atoms with van der Waals surface area (Å²) in [5.41, 5.74) is 2.35. The molecule has 2 aromatic carbocycles. The van der Waals surface area contributed by atoms with E-state index in [4.69, 9.17) is 4.74 Å². The molecule has 4 rings (SSSR count). The number of benzene rings is 2. The molecule has 1 saturated heterocycles. The molecule has 4 heteroatoms. The lowest BCUT2D eigenvalue weighted by molar-refractivity contribution is -0.132. The molecule has 1 atom stereocenters. The third-order valence-corrected chi connectivity index (χ3v) is 5.77. The fourth-order valence-corrected chi connectivity index (χ4v) is 4.27. The first-order valence-electron chi connectivity index (χ1n) is 8.50. The van der Waals surface area contributed by atoms with Crippen molar-refractivity contribution in [2.45, 2.75) is 24.8 Å². The number of ether oxygens (including phenoxy) is 1. The zero-order valence-corrected chi connectivity index (χ0v) is 14.4. The minimum Gasteiger partial charge on any atom is -0.489 e. The Hall–Kier alpha value is -1.94. The number of nitrogens with zero attached hydrogens (tertiary/aromatic N) is 1. The van der Waals surface area contributed by atoms with Crippen LogP contribution in [-0.2, 0) is 11.4 Å². The summed E-state index contributed by atoms with van der Waals surface area (Å²) in [5.74, 6) is 2.52. The summed E-state index contributed by atoms with van der Waals surface area (Å²) in [6.45, 7) is 1.45. The standard InChI is InChI=1S/C20H21NO2S/c22-19(16-6-7-16)21-12-13-24-20(21)17-8-10-18(11-9-17)23-14-15-4-2-1-3-5-15/h1-5,8-11,16,20H,6-7,12-14H2. The van der Waals surface area contributed by atoms with Gasteiger partial charge in [0.2, 0.25) is 5.91 Å². The molecule has 1 saturated carbocycles. The molecule has 0 radical (unpaired) electrons. The van der Waals surface area contributed by atoms with Crippen molar-refractivity contribution < 1.29 is 9.53 Å². The SMILES string of the molecule is O=C(C1CC1)N1CCSC1c1ccc(OCc2ccccc2)cc1. The van der Waals surface area contributed by atoms with Gasteiger partial charge in [-0.05, 0) is 36.1 Å². The Balaban J connectivity index is 1.40. The molecule has 2 aliphatic rings. The normalized spacial score (nSPS) is 20.2. The molecule has 1 unspecified atom stereocenters. The Morgan fingerprint density at radius 1 is 1.08 bits per heavy atom. The number of amides is 1. The Labute approximate surface area is 147 Å². The van der Waals surface area contributed by atoms with E-state index in [0.29, 0.717) is 18.4 Å². The highest BCUT2D eigenvalue weighted by Crippen LogP contribution is 2.42. The van der Waals surface area contributed by atoms with Crippen LogP contribution in [0.2, 0.25) is 0 Å². The number of hydrogen-bond acceptors (Lipinski definition) is 3. The van der Waals surface area contributed by atoms with Crippen LogP contribution in [0.4, 0.5) is 0 Å². The van der Waals surface area contributed by atoms with Gasteiger partial charge in [-0.2, -0.15) is 0 Å². The van der Waals surface area contributed by atoms with E-state index in [2.05, 4.69) is 29.2 Å². The zero-order chi connectivity index (χ0) is 16.4. The van der Waals surface area contributed by atoms with Gasteiger partial charge in [-0.15, -0.1) is 11.8 Å². The Morgan fingerprint density at radius 2 is 1.83 bits per heavy atom. The maximum absolute atomic E-state index is 12.4. The lowest BCUT2D eigenvalue weighted by atomic mass is 10.2. The van der Waals surface area contributed by atoms with E-state index in [0.717, 1.165) is 36.5 Å². The van der Waals surface area contributed by atoms with Gasteiger partial charge < -0.3 is 9.64 Å². The second-order valence-electron chi connectivity index (χ2n) is 6.37. The van der Waals surface area contributed by atoms with Gasteiger partial charge in [0, 0.05) is 18.2 Å². The van der Waals surface area contributed by atoms with Gasteiger partial charge in [-0.25, -0.2) is 0 Å². The summed E-state index contributed by atoms with van der Waals surface area (Å²) in [5, 5.41) is 0.168. The molecule has 3 nitrogen and oxygen atoms in total. The van der Waals surface area contributed by atoms with Crippen molar-refractivity contribution in [3.63, 3.8) is 0 Å². The van der Waals surface area contributed by atoms with E-state index >= 15 is 0 Å². The fourth-order valence-electron chi connectivity index (χ4n) is 3.01. The molecule has 1 aliphatic heterocycles. The Morgan fingerprint density at radius 3 is 2.54 bits per heavy atom. The van der Waals surface area contributed by atoms with Crippen LogP contribution in [0.15, 0.2) is 54.6 Å². The highest BCUT2D eigenvalue weighted by atomic mass is 32.2. The molecule has 1 amide bonds. The van der Waals surface area contributed by atoms with Crippen LogP contribution in [0.5, 0.6) is 5.75 Å². The van der Waals surface area contributed by atoms with Gasteiger partial charge in [0.25, 0.3) is 0 Å². The number of carbonyl (C=O) groups is 1. The number of hydrogen-bond donors (Lipinski definition) is 0. The van der Waals surface area contributed by atoms with Crippen LogP contribution in [-0.4, -0.2) is 23.1 Å². The Kier molecular flexibility index (Phi) is 4.48. The summed E-state index contributed by atoms with van der Waals surface area (Å²) in [6.07, 6.45) is 2.14. The largest absolute Gasteiger partial charge is 0.489 e. The topological polar surface area (TPSA) is 29.5 Å². The fraction of sp³-hybridized carbons (Fsp3) is 0.350. The quantitative estimate of drug-likeness (QED) is 0.815. The van der Waals surface area contributed by atoms with Crippen molar-refractivity contribution >= 4 is 17.7 Å². The van der Waals surface area contributed by atoms with Crippen molar-refractivity contribution in [3.05, 3.63) is 65.7 Å². The second-order valence-corrected chi connectivity index (χ2v) is 7.56. The van der Waals surface area contributed by atoms with Crippen LogP contribution in [0.3, 0.4) is 0 Å². The smallest absolute Gasteiger partial charge is 0.226 e. The molecular weight excluding hydrogens is 318 g/mol. The van der Waals surface area contributed by atoms with Crippen LogP contribution >= 0.6 is 11.8 Å². The molecule has 0 bridgehead atoms. The highest BCUT2D eigenvalue weighted by Gasteiger charge is 2.39. The lowest BCUT2D eigenvalue weighted by Gasteiger charge is -2.24. The van der Waals surface area contributed by atoms with Gasteiger partial charge in [0.1, 0.15) is 17.7 Å². The lowest BCUT2D eigenvalue weighted by Crippen LogP contribution is -2.31. The van der Waals surface area contributed by atoms with Crippen LogP contribution in [0.25, 0.3) is 0 Å². The second kappa shape index (κ2) is 6.89. The van der Waals surface area contributed by atoms with E-state index in [1.807, 2.05) is 42.1 Å². The molecule has 124 valence electrons. The maximum atomic E-state index is 12.4. The van der Waals surface area contributed by atoms with Gasteiger partial charge in [0.15, 0.2) is 0 Å². The van der Waals surface area contributed by atoms with Crippen molar-refractivity contribution in [2.24, 2.45) is 5.92 Å². The highest BCUT2D eigenvalue weighted by molar-refractivity contribution is 7.99. The first kappa shape index (κ1) is 15.6. The maximum Gasteiger partial charge on any atom is 0.226 e. The van der Waals surface area contributed by atoms with Crippen LogP contribution in [0, 0.1) is 5.92 Å². The van der Waals surface area contributed by atoms with E-state index in [1.54, 1.807) is 0 Å². The van der Waals surface area contributed by atoms with Gasteiger partial charge in [0.05, 0.1) is 0 Å². The number of carbonyl (C=O) groups excluding carboxylic acids is 1. The summed E-state index contributed by atoms with van der Waals surface area (Å²) >= 11 is 1.86. The first-order chi connectivity index (χ1) is 11.8. The van der Waals surface area contributed by atoms with Crippen molar-refractivity contribution in [2.75, 3.05) is 12.3 Å². The Bertz CT molecular complexity index is 697.